The van der Waals surface area contributed by atoms with Crippen molar-refractivity contribution in [1.82, 2.24) is 10.2 Å². The van der Waals surface area contributed by atoms with E-state index in [-0.39, 0.29) is 49.3 Å². The molecule has 1 unspecified atom stereocenters. The van der Waals surface area contributed by atoms with Gasteiger partial charge in [0.25, 0.3) is 5.91 Å². The number of rotatable bonds is 8. The van der Waals surface area contributed by atoms with Crippen LogP contribution >= 0.6 is 11.6 Å². The number of nitrogens with one attached hydrogen (secondary N) is 2. The van der Waals surface area contributed by atoms with Gasteiger partial charge in [0.15, 0.2) is 13.9 Å². The average Bonchev–Trinajstić information content (AvgIpc) is 3.54. The number of fused-ring (bicyclic) bond motifs is 3. The molecule has 3 aromatic carbocycles. The van der Waals surface area contributed by atoms with E-state index in [1.807, 2.05) is 74.6 Å². The molecule has 0 aromatic heterocycles. The van der Waals surface area contributed by atoms with Crippen molar-refractivity contribution in [2.24, 2.45) is 11.8 Å². The fraction of sp³-hybridized carbons (Fsp3) is 0.462. The minimum Gasteiger partial charge on any atom is -0.432 e. The SMILES string of the molecule is C[C@H]1[C@H]([Si](C)(C)O)[C@@H](CC(=O)N2Cc3ccccc3C[C@H]2CO)O[C@]12C(=O)N(Cc1ccc(NC(=O)C3CCCNC3)cc1)c1ccc(Cl)cc12. The molecule has 51 heavy (non-hydrogen) atoms. The van der Waals surface area contributed by atoms with E-state index in [1.165, 1.54) is 0 Å². The summed E-state index contributed by atoms with van der Waals surface area (Å²) in [6.07, 6.45) is 1.64. The van der Waals surface area contributed by atoms with Crippen molar-refractivity contribution < 1.29 is 29.0 Å². The molecular formula is C39H47ClN4O6Si. The Morgan fingerprint density at radius 3 is 2.53 bits per heavy atom. The summed E-state index contributed by atoms with van der Waals surface area (Å²) in [7, 11) is -3.02. The number of aliphatic hydroxyl groups is 1. The maximum absolute atomic E-state index is 14.8. The van der Waals surface area contributed by atoms with Gasteiger partial charge in [0.05, 0.1) is 43.3 Å². The van der Waals surface area contributed by atoms with E-state index >= 15 is 0 Å². The maximum Gasteiger partial charge on any atom is 0.264 e. The summed E-state index contributed by atoms with van der Waals surface area (Å²) in [6, 6.07) is 20.5. The first-order chi connectivity index (χ1) is 24.4. The lowest BCUT2D eigenvalue weighted by molar-refractivity contribution is -0.151. The molecule has 3 amide bonds. The van der Waals surface area contributed by atoms with Crippen LogP contribution in [-0.2, 0) is 44.2 Å². The van der Waals surface area contributed by atoms with Crippen LogP contribution in [0.5, 0.6) is 0 Å². The summed E-state index contributed by atoms with van der Waals surface area (Å²) < 4.78 is 6.91. The van der Waals surface area contributed by atoms with Crippen LogP contribution in [0, 0.1) is 11.8 Å². The third-order valence-corrected chi connectivity index (χ3v) is 14.2. The van der Waals surface area contributed by atoms with Gasteiger partial charge in [-0.05, 0) is 85.9 Å². The van der Waals surface area contributed by atoms with E-state index < -0.39 is 31.5 Å². The Balaban J connectivity index is 1.15. The number of benzene rings is 3. The number of ether oxygens (including phenoxy) is 1. The predicted octanol–water partition coefficient (Wildman–Crippen LogP) is 4.96. The molecule has 6 atom stereocenters. The van der Waals surface area contributed by atoms with Gasteiger partial charge < -0.3 is 35.1 Å². The Morgan fingerprint density at radius 1 is 1.10 bits per heavy atom. The second-order valence-corrected chi connectivity index (χ2v) is 19.6. The summed E-state index contributed by atoms with van der Waals surface area (Å²) in [4.78, 5) is 56.9. The van der Waals surface area contributed by atoms with Gasteiger partial charge in [-0.25, -0.2) is 0 Å². The van der Waals surface area contributed by atoms with Gasteiger partial charge in [0.1, 0.15) is 0 Å². The van der Waals surface area contributed by atoms with Gasteiger partial charge in [-0.3, -0.25) is 14.4 Å². The van der Waals surface area contributed by atoms with E-state index in [0.717, 1.165) is 36.1 Å². The van der Waals surface area contributed by atoms with Crippen molar-refractivity contribution in [2.45, 2.75) is 82.1 Å². The number of halogens is 1. The molecule has 10 nitrogen and oxygen atoms in total. The standard InChI is InChI=1S/C39H47ClN4O6Si/c1-24-36(51(2,3)49)34(19-35(46)43-22-28-8-5-4-7-26(28)17-31(43)23-45)50-39(24)32-18-29(40)12-15-33(32)44(38(39)48)21-25-10-13-30(14-11-25)42-37(47)27-9-6-16-41-20-27/h4-5,7-8,10-15,18,24,27,31,34,36,41,45,49H,6,9,16-17,19-23H2,1-3H3,(H,42,47)/t24-,27?,31-,34+,36-,39+/m0/s1. The highest BCUT2D eigenvalue weighted by molar-refractivity contribution is 6.71. The van der Waals surface area contributed by atoms with E-state index in [9.17, 15) is 24.3 Å². The fourth-order valence-electron chi connectivity index (χ4n) is 8.93. The molecule has 0 aliphatic carbocycles. The van der Waals surface area contributed by atoms with Crippen LogP contribution in [0.25, 0.3) is 0 Å². The largest absolute Gasteiger partial charge is 0.432 e. The van der Waals surface area contributed by atoms with Gasteiger partial charge in [-0.1, -0.05) is 54.9 Å². The fourth-order valence-corrected chi connectivity index (χ4v) is 11.7. The summed E-state index contributed by atoms with van der Waals surface area (Å²) in [5.74, 6) is -0.954. The monoisotopic (exact) mass is 730 g/mol. The van der Waals surface area contributed by atoms with Gasteiger partial charge in [-0.15, -0.1) is 0 Å². The van der Waals surface area contributed by atoms with Crippen molar-refractivity contribution in [3.8, 4) is 0 Å². The number of carbonyl (C=O) groups is 3. The Morgan fingerprint density at radius 2 is 1.84 bits per heavy atom. The van der Waals surface area contributed by atoms with E-state index in [4.69, 9.17) is 16.3 Å². The number of aliphatic hydroxyl groups excluding tert-OH is 1. The predicted molar refractivity (Wildman–Crippen MR) is 199 cm³/mol. The smallest absolute Gasteiger partial charge is 0.264 e. The van der Waals surface area contributed by atoms with Gasteiger partial charge in [0, 0.05) is 40.8 Å². The molecular weight excluding hydrogens is 684 g/mol. The number of hydrogen-bond acceptors (Lipinski definition) is 7. The second kappa shape index (κ2) is 14.1. The summed E-state index contributed by atoms with van der Waals surface area (Å²) in [5.41, 5.74) is 3.15. The molecule has 4 N–H and O–H groups in total. The van der Waals surface area contributed by atoms with Crippen molar-refractivity contribution in [3.05, 3.63) is 94.0 Å². The minimum absolute atomic E-state index is 0.000259. The third kappa shape index (κ3) is 6.64. The molecule has 2 saturated heterocycles. The number of amides is 3. The van der Waals surface area contributed by atoms with Gasteiger partial charge in [-0.2, -0.15) is 0 Å². The second-order valence-electron chi connectivity index (χ2n) is 15.2. The molecule has 4 aliphatic rings. The van der Waals surface area contributed by atoms with Crippen LogP contribution in [-0.4, -0.2) is 72.7 Å². The summed E-state index contributed by atoms with van der Waals surface area (Å²) in [6.45, 7) is 7.70. The summed E-state index contributed by atoms with van der Waals surface area (Å²) >= 11 is 6.58. The lowest BCUT2D eigenvalue weighted by atomic mass is 9.82. The first kappa shape index (κ1) is 35.8. The van der Waals surface area contributed by atoms with Gasteiger partial charge >= 0.3 is 0 Å². The molecule has 270 valence electrons. The quantitative estimate of drug-likeness (QED) is 0.241. The molecule has 12 heteroatoms. The van der Waals surface area contributed by atoms with Crippen molar-refractivity contribution in [3.63, 3.8) is 0 Å². The van der Waals surface area contributed by atoms with Gasteiger partial charge in [0.2, 0.25) is 11.8 Å². The first-order valence-electron chi connectivity index (χ1n) is 18.0. The Labute approximate surface area is 305 Å². The van der Waals surface area contributed by atoms with Crippen LogP contribution in [0.4, 0.5) is 11.4 Å². The Bertz CT molecular complexity index is 1810. The average molecular weight is 731 g/mol. The molecule has 0 radical (unpaired) electrons. The molecule has 1 spiro atoms. The summed E-state index contributed by atoms with van der Waals surface area (Å²) in [5, 5.41) is 17.0. The van der Waals surface area contributed by atoms with Crippen LogP contribution in [0.1, 0.15) is 48.4 Å². The Kier molecular flexibility index (Phi) is 9.90. The van der Waals surface area contributed by atoms with Crippen LogP contribution in [0.3, 0.4) is 0 Å². The van der Waals surface area contributed by atoms with Crippen molar-refractivity contribution in [2.75, 3.05) is 29.9 Å². The third-order valence-electron chi connectivity index (χ3n) is 11.4. The lowest BCUT2D eigenvalue weighted by Crippen LogP contribution is -2.48. The highest BCUT2D eigenvalue weighted by atomic mass is 35.5. The topological polar surface area (TPSA) is 131 Å². The molecule has 2 fully saturated rings. The zero-order valence-corrected chi connectivity index (χ0v) is 31.2. The number of nitrogens with zero attached hydrogens (tertiary/aromatic N) is 2. The van der Waals surface area contributed by atoms with Crippen LogP contribution in [0.2, 0.25) is 23.7 Å². The number of hydrogen-bond donors (Lipinski definition) is 4. The van der Waals surface area contributed by atoms with Crippen molar-refractivity contribution >= 4 is 49.0 Å². The minimum atomic E-state index is -3.02. The highest BCUT2D eigenvalue weighted by Gasteiger charge is 2.66. The molecule has 4 aliphatic heterocycles. The maximum atomic E-state index is 14.8. The highest BCUT2D eigenvalue weighted by Crippen LogP contribution is 2.60. The van der Waals surface area contributed by atoms with E-state index in [1.54, 1.807) is 21.9 Å². The van der Waals surface area contributed by atoms with Crippen molar-refractivity contribution in [1.29, 1.82) is 0 Å². The zero-order valence-electron chi connectivity index (χ0n) is 29.4. The van der Waals surface area contributed by atoms with Crippen LogP contribution in [0.15, 0.2) is 66.7 Å². The number of carbonyl (C=O) groups excluding carboxylic acids is 3. The first-order valence-corrected chi connectivity index (χ1v) is 21.4. The number of piperidine rings is 1. The number of anilines is 2. The van der Waals surface area contributed by atoms with E-state index in [0.29, 0.717) is 41.5 Å². The zero-order chi connectivity index (χ0) is 36.1. The molecule has 3 aromatic rings. The van der Waals surface area contributed by atoms with Crippen LogP contribution < -0.4 is 15.5 Å². The molecule has 4 heterocycles. The molecule has 7 rings (SSSR count). The Hall–Kier alpha value is -3.58. The lowest BCUT2D eigenvalue weighted by Gasteiger charge is -2.37. The normalized spacial score (nSPS) is 27.4. The molecule has 0 saturated carbocycles. The van der Waals surface area contributed by atoms with E-state index in [2.05, 4.69) is 10.6 Å². The molecule has 0 bridgehead atoms.